The monoisotopic (exact) mass is 375 g/mol. The van der Waals surface area contributed by atoms with Gasteiger partial charge in [-0.25, -0.2) is 4.39 Å². The molecule has 0 spiro atoms. The van der Waals surface area contributed by atoms with Crippen LogP contribution in [0.4, 0.5) is 4.39 Å². The van der Waals surface area contributed by atoms with E-state index in [4.69, 9.17) is 14.2 Å². The summed E-state index contributed by atoms with van der Waals surface area (Å²) in [5.41, 5.74) is 0.916. The summed E-state index contributed by atoms with van der Waals surface area (Å²) in [4.78, 5) is 24.2. The Labute approximate surface area is 157 Å². The fourth-order valence-electron chi connectivity index (χ4n) is 2.63. The fourth-order valence-corrected chi connectivity index (χ4v) is 2.63. The summed E-state index contributed by atoms with van der Waals surface area (Å²) in [7, 11) is 4.28. The molecule has 0 aliphatic rings. The molecule has 2 aromatic rings. The van der Waals surface area contributed by atoms with E-state index in [1.807, 2.05) is 0 Å². The molecule has 0 aromatic heterocycles. The highest BCUT2D eigenvalue weighted by Gasteiger charge is 2.21. The molecule has 0 radical (unpaired) electrons. The maximum atomic E-state index is 13.8. The number of hydrogen-bond donors (Lipinski definition) is 1. The smallest absolute Gasteiger partial charge is 0.307 e. The third-order valence-corrected chi connectivity index (χ3v) is 4.05. The molecule has 1 amide bonds. The van der Waals surface area contributed by atoms with Gasteiger partial charge in [-0.05, 0) is 29.3 Å². The van der Waals surface area contributed by atoms with Crippen LogP contribution in [0, 0.1) is 5.82 Å². The lowest BCUT2D eigenvalue weighted by Crippen LogP contribution is -2.31. The minimum absolute atomic E-state index is 0.0744. The van der Waals surface area contributed by atoms with E-state index in [1.54, 1.807) is 36.4 Å². The quantitative estimate of drug-likeness (QED) is 0.718. The van der Waals surface area contributed by atoms with Crippen LogP contribution in [0.25, 0.3) is 0 Å². The van der Waals surface area contributed by atoms with E-state index in [9.17, 15) is 14.0 Å². The molecule has 2 aromatic carbocycles. The molecule has 0 aliphatic heterocycles. The first-order valence-electron chi connectivity index (χ1n) is 8.30. The second-order valence-corrected chi connectivity index (χ2v) is 5.78. The van der Waals surface area contributed by atoms with E-state index < -0.39 is 23.7 Å². The highest BCUT2D eigenvalue weighted by atomic mass is 19.1. The number of amides is 1. The lowest BCUT2D eigenvalue weighted by molar-refractivity contribution is -0.141. The first-order valence-corrected chi connectivity index (χ1v) is 8.30. The number of benzene rings is 2. The maximum absolute atomic E-state index is 13.8. The number of methoxy groups -OCH3 is 3. The molecule has 1 atom stereocenters. The lowest BCUT2D eigenvalue weighted by atomic mass is 10.0. The Balaban J connectivity index is 2.22. The Kier molecular flexibility index (Phi) is 7.16. The number of esters is 1. The standard InChI is InChI=1S/C20H22FNO5/c1-25-17-9-8-14(10-18(17)26-2)16(12-20(24)27-3)22-19(23)11-13-6-4-5-7-15(13)21/h4-10,16H,11-12H2,1-3H3,(H,22,23). The van der Waals surface area contributed by atoms with Gasteiger partial charge >= 0.3 is 5.97 Å². The molecule has 0 bridgehead atoms. The van der Waals surface area contributed by atoms with E-state index >= 15 is 0 Å². The van der Waals surface area contributed by atoms with Crippen molar-refractivity contribution in [1.82, 2.24) is 5.32 Å². The number of halogens is 1. The van der Waals surface area contributed by atoms with E-state index in [0.29, 0.717) is 17.1 Å². The molecule has 0 heterocycles. The van der Waals surface area contributed by atoms with Gasteiger partial charge in [-0.15, -0.1) is 0 Å². The van der Waals surface area contributed by atoms with Crippen molar-refractivity contribution in [1.29, 1.82) is 0 Å². The van der Waals surface area contributed by atoms with Gasteiger partial charge in [0.2, 0.25) is 5.91 Å². The van der Waals surface area contributed by atoms with Crippen molar-refractivity contribution in [3.05, 3.63) is 59.4 Å². The van der Waals surface area contributed by atoms with Crippen LogP contribution in [-0.4, -0.2) is 33.2 Å². The minimum Gasteiger partial charge on any atom is -0.493 e. The third kappa shape index (κ3) is 5.44. The second-order valence-electron chi connectivity index (χ2n) is 5.78. The highest BCUT2D eigenvalue weighted by molar-refractivity contribution is 5.80. The van der Waals surface area contributed by atoms with E-state index in [2.05, 4.69) is 5.32 Å². The van der Waals surface area contributed by atoms with Crippen LogP contribution >= 0.6 is 0 Å². The van der Waals surface area contributed by atoms with Gasteiger partial charge in [0, 0.05) is 0 Å². The van der Waals surface area contributed by atoms with Crippen molar-refractivity contribution in [2.24, 2.45) is 0 Å². The van der Waals surface area contributed by atoms with E-state index in [-0.39, 0.29) is 18.4 Å². The molecule has 0 aliphatic carbocycles. The number of carbonyl (C=O) groups excluding carboxylic acids is 2. The SMILES string of the molecule is COC(=O)CC(NC(=O)Cc1ccccc1F)c1ccc(OC)c(OC)c1. The molecule has 0 saturated carbocycles. The van der Waals surface area contributed by atoms with Crippen molar-refractivity contribution >= 4 is 11.9 Å². The summed E-state index contributed by atoms with van der Waals surface area (Å²) in [6, 6.07) is 10.5. The summed E-state index contributed by atoms with van der Waals surface area (Å²) in [5.74, 6) is -0.364. The molecule has 2 rings (SSSR count). The molecule has 6 nitrogen and oxygen atoms in total. The van der Waals surface area contributed by atoms with Gasteiger partial charge in [-0.1, -0.05) is 24.3 Å². The molecule has 27 heavy (non-hydrogen) atoms. The van der Waals surface area contributed by atoms with Crippen LogP contribution in [0.15, 0.2) is 42.5 Å². The predicted molar refractivity (Wildman–Crippen MR) is 97.2 cm³/mol. The summed E-state index contributed by atoms with van der Waals surface area (Å²) >= 11 is 0. The van der Waals surface area contributed by atoms with Crippen LogP contribution in [0.3, 0.4) is 0 Å². The van der Waals surface area contributed by atoms with Gasteiger partial charge in [-0.3, -0.25) is 9.59 Å². The third-order valence-electron chi connectivity index (χ3n) is 4.05. The number of nitrogens with one attached hydrogen (secondary N) is 1. The first kappa shape index (κ1) is 20.2. The van der Waals surface area contributed by atoms with Crippen LogP contribution in [-0.2, 0) is 20.7 Å². The van der Waals surface area contributed by atoms with Gasteiger partial charge < -0.3 is 19.5 Å². The van der Waals surface area contributed by atoms with E-state index in [0.717, 1.165) is 0 Å². The van der Waals surface area contributed by atoms with Crippen LogP contribution in [0.1, 0.15) is 23.6 Å². The van der Waals surface area contributed by atoms with Crippen LogP contribution in [0.5, 0.6) is 11.5 Å². The Hall–Kier alpha value is -3.09. The lowest BCUT2D eigenvalue weighted by Gasteiger charge is -2.20. The Morgan fingerprint density at radius 2 is 1.74 bits per heavy atom. The zero-order chi connectivity index (χ0) is 19.8. The van der Waals surface area contributed by atoms with Crippen molar-refractivity contribution in [3.8, 4) is 11.5 Å². The predicted octanol–water partition coefficient (Wildman–Crippen LogP) is 2.81. The number of carbonyl (C=O) groups is 2. The summed E-state index contributed by atoms with van der Waals surface area (Å²) in [5, 5.41) is 2.76. The van der Waals surface area contributed by atoms with Crippen LogP contribution in [0.2, 0.25) is 0 Å². The van der Waals surface area contributed by atoms with Gasteiger partial charge in [0.1, 0.15) is 5.82 Å². The summed E-state index contributed by atoms with van der Waals surface area (Å²) in [6.45, 7) is 0. The zero-order valence-electron chi connectivity index (χ0n) is 15.5. The number of hydrogen-bond acceptors (Lipinski definition) is 5. The molecule has 1 unspecified atom stereocenters. The van der Waals surface area contributed by atoms with Crippen LogP contribution < -0.4 is 14.8 Å². The van der Waals surface area contributed by atoms with Crippen molar-refractivity contribution in [2.45, 2.75) is 18.9 Å². The molecule has 0 fully saturated rings. The normalized spacial score (nSPS) is 11.4. The zero-order valence-corrected chi connectivity index (χ0v) is 15.5. The first-order chi connectivity index (χ1) is 13.0. The van der Waals surface area contributed by atoms with Gasteiger partial charge in [0.15, 0.2) is 11.5 Å². The highest BCUT2D eigenvalue weighted by Crippen LogP contribution is 2.31. The average molecular weight is 375 g/mol. The molecular weight excluding hydrogens is 353 g/mol. The molecule has 0 saturated heterocycles. The van der Waals surface area contributed by atoms with Crippen molar-refractivity contribution in [2.75, 3.05) is 21.3 Å². The molecule has 144 valence electrons. The largest absolute Gasteiger partial charge is 0.493 e. The average Bonchev–Trinajstić information content (AvgIpc) is 2.68. The Morgan fingerprint density at radius 3 is 2.37 bits per heavy atom. The van der Waals surface area contributed by atoms with E-state index in [1.165, 1.54) is 27.4 Å². The van der Waals surface area contributed by atoms with Gasteiger partial charge in [-0.2, -0.15) is 0 Å². The Morgan fingerprint density at radius 1 is 1.04 bits per heavy atom. The summed E-state index contributed by atoms with van der Waals surface area (Å²) < 4.78 is 29.0. The number of ether oxygens (including phenoxy) is 3. The second kappa shape index (κ2) is 9.56. The van der Waals surface area contributed by atoms with Gasteiger partial charge in [0.25, 0.3) is 0 Å². The van der Waals surface area contributed by atoms with Crippen molar-refractivity contribution < 1.29 is 28.2 Å². The maximum Gasteiger partial charge on any atom is 0.307 e. The van der Waals surface area contributed by atoms with Crippen molar-refractivity contribution in [3.63, 3.8) is 0 Å². The molecular formula is C20H22FNO5. The Bertz CT molecular complexity index is 809. The van der Waals surface area contributed by atoms with Gasteiger partial charge in [0.05, 0.1) is 40.2 Å². The minimum atomic E-state index is -0.656. The fraction of sp³-hybridized carbons (Fsp3) is 0.300. The topological polar surface area (TPSA) is 73.9 Å². The summed E-state index contributed by atoms with van der Waals surface area (Å²) in [6.07, 6.45) is -0.216. The number of rotatable bonds is 8. The molecule has 7 heteroatoms. The molecule has 1 N–H and O–H groups in total.